The highest BCUT2D eigenvalue weighted by atomic mass is 19.1. The summed E-state index contributed by atoms with van der Waals surface area (Å²) in [5.74, 6) is 2.77. The maximum atomic E-state index is 14.6. The van der Waals surface area contributed by atoms with E-state index in [1.54, 1.807) is 0 Å². The maximum absolute atomic E-state index is 14.6. The van der Waals surface area contributed by atoms with E-state index >= 15 is 0 Å². The third-order valence-corrected chi connectivity index (χ3v) is 21.0. The molecule has 8 unspecified atom stereocenters. The second kappa shape index (κ2) is 41.0. The number of hydrogen-bond acceptors (Lipinski definition) is 13. The van der Waals surface area contributed by atoms with Crippen molar-refractivity contribution in [1.82, 2.24) is 39.2 Å². The third kappa shape index (κ3) is 33.5. The first-order valence-electron chi connectivity index (χ1n) is 39.8. The van der Waals surface area contributed by atoms with Crippen molar-refractivity contribution in [3.63, 3.8) is 0 Å². The highest BCUT2D eigenvalue weighted by Crippen LogP contribution is 2.32. The SMILES string of the molecule is CC(C)(C)CCN1CCC(OC2CCN(C(=O)C(C)(C)C)CC2)C(F)C1.CC(C)(C)OCC(=O)N1CCC(CN2CCC(OC(C)(C)C)C(F)C2)CC1.CC(C)C(=O)N1CCC(CCN2CCC(OC(C)(C)C)C(F)C2)CC1.CC(C)OC1CCN(CC2CCN(C(=O)C(C)C)CC2)CC1F. The zero-order chi connectivity index (χ0) is 75.4. The zero-order valence-corrected chi connectivity index (χ0v) is 67.7. The molecule has 0 aliphatic carbocycles. The van der Waals surface area contributed by atoms with Crippen LogP contribution < -0.4 is 0 Å². The van der Waals surface area contributed by atoms with Crippen molar-refractivity contribution in [1.29, 1.82) is 0 Å². The molecule has 0 aromatic heterocycles. The predicted octanol–water partition coefficient (Wildman–Crippen LogP) is 13.4. The summed E-state index contributed by atoms with van der Waals surface area (Å²) in [6, 6.07) is 0. The Hall–Kier alpha value is -2.76. The van der Waals surface area contributed by atoms with Crippen LogP contribution in [0.15, 0.2) is 0 Å². The highest BCUT2D eigenvalue weighted by molar-refractivity contribution is 5.81. The van der Waals surface area contributed by atoms with Gasteiger partial charge in [0.05, 0.1) is 53.4 Å². The summed E-state index contributed by atoms with van der Waals surface area (Å²) in [4.78, 5) is 65.5. The van der Waals surface area contributed by atoms with Gasteiger partial charge in [0.15, 0.2) is 0 Å². The number of rotatable bonds is 19. The largest absolute Gasteiger partial charge is 0.372 e. The number of piperidine rings is 8. The van der Waals surface area contributed by atoms with E-state index in [1.807, 2.05) is 144 Å². The molecule has 0 N–H and O–H groups in total. The summed E-state index contributed by atoms with van der Waals surface area (Å²) >= 11 is 0. The van der Waals surface area contributed by atoms with Crippen LogP contribution in [-0.4, -0.2) is 278 Å². The van der Waals surface area contributed by atoms with Crippen LogP contribution in [-0.2, 0) is 42.9 Å². The van der Waals surface area contributed by atoms with E-state index < -0.39 is 24.7 Å². The second-order valence-corrected chi connectivity index (χ2v) is 37.2. The smallest absolute Gasteiger partial charge is 0.248 e. The van der Waals surface area contributed by atoms with Gasteiger partial charge in [-0.3, -0.25) is 29.0 Å². The molecule has 8 rings (SSSR count). The Bertz CT molecular complexity index is 2400. The molecule has 0 spiro atoms. The molecule has 4 amide bonds. The van der Waals surface area contributed by atoms with Crippen molar-refractivity contribution in [3.05, 3.63) is 0 Å². The van der Waals surface area contributed by atoms with E-state index in [2.05, 4.69) is 40.4 Å². The second-order valence-electron chi connectivity index (χ2n) is 37.2. The number of carbonyl (C=O) groups is 4. The Morgan fingerprint density at radius 1 is 0.406 bits per heavy atom. The number of ether oxygens (including phenoxy) is 5. The average Bonchev–Trinajstić information content (AvgIpc) is 0.859. The summed E-state index contributed by atoms with van der Waals surface area (Å²) < 4.78 is 86.8. The Labute approximate surface area is 611 Å². The van der Waals surface area contributed by atoms with E-state index in [4.69, 9.17) is 23.7 Å². The predicted molar refractivity (Wildman–Crippen MR) is 399 cm³/mol. The van der Waals surface area contributed by atoms with Gasteiger partial charge < -0.3 is 53.1 Å². The molecule has 590 valence electrons. The summed E-state index contributed by atoms with van der Waals surface area (Å²) in [5, 5.41) is 0. The lowest BCUT2D eigenvalue weighted by Crippen LogP contribution is -2.50. The quantitative estimate of drug-likeness (QED) is 0.113. The van der Waals surface area contributed by atoms with Gasteiger partial charge in [-0.15, -0.1) is 0 Å². The van der Waals surface area contributed by atoms with E-state index in [-0.39, 0.29) is 106 Å². The fourth-order valence-electron chi connectivity index (χ4n) is 15.1. The lowest BCUT2D eigenvalue weighted by atomic mass is 9.91. The lowest BCUT2D eigenvalue weighted by Gasteiger charge is -2.40. The maximum Gasteiger partial charge on any atom is 0.248 e. The van der Waals surface area contributed by atoms with Crippen LogP contribution in [0.5, 0.6) is 0 Å². The fourth-order valence-corrected chi connectivity index (χ4v) is 15.1. The average molecular weight is 1440 g/mol. The first-order chi connectivity index (χ1) is 46.9. The van der Waals surface area contributed by atoms with Gasteiger partial charge in [-0.05, 0) is 202 Å². The summed E-state index contributed by atoms with van der Waals surface area (Å²) in [5.41, 5.74) is -0.916. The van der Waals surface area contributed by atoms with Crippen LogP contribution in [0.1, 0.15) is 235 Å². The van der Waals surface area contributed by atoms with Crippen LogP contribution in [0, 0.1) is 40.4 Å². The molecule has 0 aromatic rings. The first-order valence-corrected chi connectivity index (χ1v) is 39.8. The van der Waals surface area contributed by atoms with Crippen molar-refractivity contribution >= 4 is 23.6 Å². The fraction of sp³-hybridized carbons (Fsp3) is 0.950. The molecule has 0 aromatic carbocycles. The number of likely N-dealkylation sites (tertiary alicyclic amines) is 8. The number of halogens is 4. The molecular weight excluding hydrogens is 1290 g/mol. The molecular formula is C80H148F4N8O9. The number of nitrogens with zero attached hydrogens (tertiary/aromatic N) is 8. The van der Waals surface area contributed by atoms with Crippen LogP contribution in [0.25, 0.3) is 0 Å². The Balaban J connectivity index is 0.000000243. The summed E-state index contributed by atoms with van der Waals surface area (Å²) in [7, 11) is 0. The van der Waals surface area contributed by atoms with E-state index in [0.717, 1.165) is 195 Å². The Kier molecular flexibility index (Phi) is 36.1. The Morgan fingerprint density at radius 2 is 0.772 bits per heavy atom. The number of alkyl halides is 4. The molecule has 0 bridgehead atoms. The van der Waals surface area contributed by atoms with Crippen molar-refractivity contribution in [3.8, 4) is 0 Å². The van der Waals surface area contributed by atoms with E-state index in [0.29, 0.717) is 43.9 Å². The van der Waals surface area contributed by atoms with Gasteiger partial charge >= 0.3 is 0 Å². The van der Waals surface area contributed by atoms with Crippen LogP contribution in [0.2, 0.25) is 0 Å². The molecule has 0 radical (unpaired) electrons. The lowest BCUT2D eigenvalue weighted by molar-refractivity contribution is -0.145. The molecule has 8 aliphatic heterocycles. The molecule has 21 heteroatoms. The Morgan fingerprint density at radius 3 is 1.15 bits per heavy atom. The standard InChI is InChI=1S/C21H39FN2O3.C21H39FN2O2.C20H37FN2O2.C18H33FN2O2/c1-20(2,3)26-15-19(25)24-11-7-16(8-12-24)13-23-10-9-18(17(22)14-23)27-21(4,5)6;1-20(2,3)10-14-23-11-9-18(17(22)15-23)26-16-7-12-24(13-8-16)19(25)21(4,5)6;1-15(2)19(24)23-12-7-16(8-13-23)6-10-22-11-9-18(17(21)14-22)25-20(3,4)5;1-13(2)18(22)21-9-5-15(6-10-21)11-20-8-7-17(16(19)12-20)23-14(3)4/h16-18H,7-15H2,1-6H3;16-18H,7-15H2,1-6H3;15-18H,6-14H2,1-5H3;13-17H,5-12H2,1-4H3. The van der Waals surface area contributed by atoms with Gasteiger partial charge in [-0.2, -0.15) is 0 Å². The van der Waals surface area contributed by atoms with Crippen molar-refractivity contribution in [2.75, 3.05) is 138 Å². The molecule has 8 atom stereocenters. The molecule has 8 saturated heterocycles. The van der Waals surface area contributed by atoms with Gasteiger partial charge in [0.1, 0.15) is 31.3 Å². The van der Waals surface area contributed by atoms with Gasteiger partial charge in [0.2, 0.25) is 23.6 Å². The van der Waals surface area contributed by atoms with E-state index in [1.165, 1.54) is 0 Å². The van der Waals surface area contributed by atoms with Gasteiger partial charge in [0, 0.05) is 135 Å². The van der Waals surface area contributed by atoms with Crippen molar-refractivity contribution in [2.45, 2.75) is 313 Å². The molecule has 8 heterocycles. The van der Waals surface area contributed by atoms with Crippen LogP contribution >= 0.6 is 0 Å². The zero-order valence-electron chi connectivity index (χ0n) is 67.7. The van der Waals surface area contributed by atoms with Crippen LogP contribution in [0.3, 0.4) is 0 Å². The molecule has 17 nitrogen and oxygen atoms in total. The van der Waals surface area contributed by atoms with Crippen molar-refractivity contribution < 1.29 is 60.4 Å². The third-order valence-electron chi connectivity index (χ3n) is 21.0. The molecule has 0 saturated carbocycles. The molecule has 8 aliphatic rings. The monoisotopic (exact) mass is 1440 g/mol. The normalized spacial score (nSPS) is 27.0. The van der Waals surface area contributed by atoms with E-state index in [9.17, 15) is 36.7 Å². The number of amides is 4. The topological polar surface area (TPSA) is 140 Å². The molecule has 101 heavy (non-hydrogen) atoms. The van der Waals surface area contributed by atoms with Crippen LogP contribution in [0.4, 0.5) is 17.6 Å². The van der Waals surface area contributed by atoms with Gasteiger partial charge in [0.25, 0.3) is 0 Å². The summed E-state index contributed by atoms with van der Waals surface area (Å²) in [6.07, 6.45) is 8.64. The van der Waals surface area contributed by atoms with Gasteiger partial charge in [-0.25, -0.2) is 17.6 Å². The van der Waals surface area contributed by atoms with Crippen molar-refractivity contribution in [2.24, 2.45) is 40.4 Å². The highest BCUT2D eigenvalue weighted by Gasteiger charge is 2.40. The van der Waals surface area contributed by atoms with Gasteiger partial charge in [-0.1, -0.05) is 69.2 Å². The number of carbonyl (C=O) groups excluding carboxylic acids is 4. The molecule has 8 fully saturated rings. The minimum Gasteiger partial charge on any atom is -0.372 e. The minimum absolute atomic E-state index is 0.0762. The minimum atomic E-state index is -0.922. The summed E-state index contributed by atoms with van der Waals surface area (Å²) in [6.45, 7) is 58.1. The first kappa shape index (κ1) is 88.9. The number of hydrogen-bond donors (Lipinski definition) is 0.